The summed E-state index contributed by atoms with van der Waals surface area (Å²) in [6.07, 6.45) is 0.992. The molecule has 1 N–H and O–H groups in total. The molecule has 0 aliphatic carbocycles. The summed E-state index contributed by atoms with van der Waals surface area (Å²) in [6.45, 7) is 15.5. The van der Waals surface area contributed by atoms with Crippen LogP contribution in [0.2, 0.25) is 18.1 Å². The van der Waals surface area contributed by atoms with Gasteiger partial charge in [0.1, 0.15) is 5.82 Å². The van der Waals surface area contributed by atoms with Crippen LogP contribution in [0.4, 0.5) is 4.39 Å². The third-order valence-corrected chi connectivity index (χ3v) is 14.7. The van der Waals surface area contributed by atoms with Crippen LogP contribution in [0.5, 0.6) is 0 Å². The molecule has 2 aromatic carbocycles. The molecule has 1 saturated heterocycles. The monoisotopic (exact) mass is 633 g/mol. The minimum Gasteiger partial charge on any atom is -0.478 e. The van der Waals surface area contributed by atoms with Crippen LogP contribution in [0.15, 0.2) is 48.5 Å². The van der Waals surface area contributed by atoms with Crippen molar-refractivity contribution in [1.29, 1.82) is 0 Å². The average molecular weight is 634 g/mol. The van der Waals surface area contributed by atoms with Gasteiger partial charge in [-0.05, 0) is 59.9 Å². The third-order valence-electron chi connectivity index (χ3n) is 10.2. The Morgan fingerprint density at radius 1 is 1.02 bits per heavy atom. The number of amides is 1. The number of hydrogen-bond donors (Lipinski definition) is 1. The standard InChI is InChI=1S/C35H44FN3O5Si/c1-35(2,3)45(4,5)44-27-18-31-30(34(41)42)19-32(39(31)22-27)29-17-25(36)10-11-28(29)33(40)38-20-24-9-7-6-8-23(24)16-26(38)21-37-12-14-43-15-13-37/h6-11,17,19,26-27H,12-16,18,20-22H2,1-5H3,(H,41,42)/t26-,27+/m0/s1. The topological polar surface area (TPSA) is 84.2 Å². The highest BCUT2D eigenvalue weighted by Gasteiger charge is 2.42. The van der Waals surface area contributed by atoms with Crippen LogP contribution in [0.25, 0.3) is 11.3 Å². The first-order valence-corrected chi connectivity index (χ1v) is 18.8. The van der Waals surface area contributed by atoms with Crippen LogP contribution < -0.4 is 0 Å². The van der Waals surface area contributed by atoms with E-state index in [2.05, 4.69) is 50.9 Å². The molecule has 0 saturated carbocycles. The summed E-state index contributed by atoms with van der Waals surface area (Å²) in [5.74, 6) is -1.70. The van der Waals surface area contributed by atoms with E-state index in [-0.39, 0.29) is 28.7 Å². The number of aromatic nitrogens is 1. The summed E-state index contributed by atoms with van der Waals surface area (Å²) in [6, 6.07) is 14.0. The van der Waals surface area contributed by atoms with Crippen molar-refractivity contribution in [3.63, 3.8) is 0 Å². The Morgan fingerprint density at radius 2 is 1.73 bits per heavy atom. The molecule has 10 heteroatoms. The van der Waals surface area contributed by atoms with Gasteiger partial charge in [0.05, 0.1) is 30.6 Å². The van der Waals surface area contributed by atoms with Gasteiger partial charge in [0, 0.05) is 62.0 Å². The smallest absolute Gasteiger partial charge is 0.337 e. The van der Waals surface area contributed by atoms with Crippen LogP contribution in [-0.2, 0) is 35.1 Å². The summed E-state index contributed by atoms with van der Waals surface area (Å²) >= 11 is 0. The molecule has 6 rings (SSSR count). The lowest BCUT2D eigenvalue weighted by Crippen LogP contribution is -2.52. The molecule has 1 amide bonds. The maximum atomic E-state index is 15.0. The molecule has 45 heavy (non-hydrogen) atoms. The van der Waals surface area contributed by atoms with Crippen molar-refractivity contribution in [2.75, 3.05) is 32.8 Å². The zero-order valence-electron chi connectivity index (χ0n) is 26.9. The van der Waals surface area contributed by atoms with E-state index in [1.54, 1.807) is 12.1 Å². The normalized spacial score (nSPS) is 20.6. The number of carbonyl (C=O) groups excluding carboxylic acids is 1. The predicted octanol–water partition coefficient (Wildman–Crippen LogP) is 5.84. The Kier molecular flexibility index (Phi) is 8.53. The van der Waals surface area contributed by atoms with Gasteiger partial charge in [-0.1, -0.05) is 45.0 Å². The molecule has 0 bridgehead atoms. The summed E-state index contributed by atoms with van der Waals surface area (Å²) in [4.78, 5) is 31.3. The second-order valence-corrected chi connectivity index (χ2v) is 18.9. The SMILES string of the molecule is CC(C)(C)[Si](C)(C)O[C@@H]1Cc2c(C(=O)O)cc(-c3cc(F)ccc3C(=O)N3Cc4ccccc4C[C@H]3CN3CCOCC3)n2C1. The molecule has 0 unspecified atom stereocenters. The van der Waals surface area contributed by atoms with Crippen molar-refractivity contribution in [2.45, 2.75) is 77.0 Å². The number of ether oxygens (including phenoxy) is 1. The molecule has 3 aromatic rings. The quantitative estimate of drug-likeness (QED) is 0.330. The van der Waals surface area contributed by atoms with Crippen molar-refractivity contribution in [3.05, 3.63) is 82.3 Å². The maximum absolute atomic E-state index is 15.0. The molecule has 2 atom stereocenters. The number of fused-ring (bicyclic) bond motifs is 2. The molecular formula is C35H44FN3O5Si. The lowest BCUT2D eigenvalue weighted by Gasteiger charge is -2.40. The first-order chi connectivity index (χ1) is 21.3. The zero-order chi connectivity index (χ0) is 32.1. The van der Waals surface area contributed by atoms with Gasteiger partial charge in [-0.2, -0.15) is 0 Å². The molecular weight excluding hydrogens is 589 g/mol. The minimum absolute atomic E-state index is 0.00428. The van der Waals surface area contributed by atoms with Crippen LogP contribution in [0.1, 0.15) is 58.3 Å². The number of hydrogen-bond acceptors (Lipinski definition) is 5. The molecule has 0 radical (unpaired) electrons. The second kappa shape index (κ2) is 12.1. The second-order valence-electron chi connectivity index (χ2n) is 14.2. The van der Waals surface area contributed by atoms with E-state index < -0.39 is 20.1 Å². The minimum atomic E-state index is -2.13. The first-order valence-electron chi connectivity index (χ1n) is 15.9. The highest BCUT2D eigenvalue weighted by atomic mass is 28.4. The van der Waals surface area contributed by atoms with Gasteiger partial charge in [0.15, 0.2) is 8.32 Å². The predicted molar refractivity (Wildman–Crippen MR) is 174 cm³/mol. The van der Waals surface area contributed by atoms with E-state index in [0.29, 0.717) is 55.2 Å². The average Bonchev–Trinajstić information content (AvgIpc) is 3.54. The van der Waals surface area contributed by atoms with Crippen LogP contribution in [0.3, 0.4) is 0 Å². The van der Waals surface area contributed by atoms with E-state index in [9.17, 15) is 19.1 Å². The van der Waals surface area contributed by atoms with Crippen LogP contribution in [0, 0.1) is 5.82 Å². The van der Waals surface area contributed by atoms with E-state index in [1.807, 2.05) is 21.6 Å². The number of rotatable bonds is 7. The van der Waals surface area contributed by atoms with E-state index in [1.165, 1.54) is 17.7 Å². The first kappa shape index (κ1) is 31.7. The van der Waals surface area contributed by atoms with Crippen molar-refractivity contribution in [2.24, 2.45) is 0 Å². The van der Waals surface area contributed by atoms with Crippen molar-refractivity contribution >= 4 is 20.2 Å². The Morgan fingerprint density at radius 3 is 2.42 bits per heavy atom. The summed E-state index contributed by atoms with van der Waals surface area (Å²) in [5.41, 5.74) is 4.48. The molecule has 4 heterocycles. The van der Waals surface area contributed by atoms with Gasteiger partial charge in [-0.3, -0.25) is 9.69 Å². The summed E-state index contributed by atoms with van der Waals surface area (Å²) in [5, 5.41) is 10.2. The molecule has 1 fully saturated rings. The maximum Gasteiger partial charge on any atom is 0.337 e. The van der Waals surface area contributed by atoms with Crippen LogP contribution in [-0.4, -0.2) is 84.7 Å². The number of carbonyl (C=O) groups is 2. The Bertz CT molecular complexity index is 1610. The van der Waals surface area contributed by atoms with Gasteiger partial charge < -0.3 is 23.7 Å². The number of benzene rings is 2. The summed E-state index contributed by atoms with van der Waals surface area (Å²) in [7, 11) is -2.13. The lowest BCUT2D eigenvalue weighted by atomic mass is 9.92. The largest absolute Gasteiger partial charge is 0.478 e. The lowest BCUT2D eigenvalue weighted by molar-refractivity contribution is 0.0193. The number of aromatic carboxylic acids is 1. The van der Waals surface area contributed by atoms with Gasteiger partial charge >= 0.3 is 5.97 Å². The highest BCUT2D eigenvalue weighted by molar-refractivity contribution is 6.74. The number of nitrogens with zero attached hydrogens (tertiary/aromatic N) is 3. The molecule has 3 aliphatic heterocycles. The number of carboxylic acids is 1. The van der Waals surface area contributed by atoms with Gasteiger partial charge in [-0.25, -0.2) is 9.18 Å². The molecule has 0 spiro atoms. The van der Waals surface area contributed by atoms with Gasteiger partial charge in [0.2, 0.25) is 0 Å². The molecule has 8 nitrogen and oxygen atoms in total. The number of morpholine rings is 1. The molecule has 240 valence electrons. The highest BCUT2D eigenvalue weighted by Crippen LogP contribution is 2.41. The third kappa shape index (κ3) is 6.25. The van der Waals surface area contributed by atoms with E-state index in [4.69, 9.17) is 9.16 Å². The van der Waals surface area contributed by atoms with Crippen molar-refractivity contribution in [1.82, 2.24) is 14.4 Å². The van der Waals surface area contributed by atoms with Crippen molar-refractivity contribution < 1.29 is 28.2 Å². The van der Waals surface area contributed by atoms with E-state index in [0.717, 1.165) is 31.6 Å². The Labute approximate surface area is 265 Å². The zero-order valence-corrected chi connectivity index (χ0v) is 27.9. The van der Waals surface area contributed by atoms with Gasteiger partial charge in [0.25, 0.3) is 5.91 Å². The summed E-state index contributed by atoms with van der Waals surface area (Å²) < 4.78 is 29.2. The van der Waals surface area contributed by atoms with Crippen molar-refractivity contribution in [3.8, 4) is 11.3 Å². The Balaban J connectivity index is 1.37. The van der Waals surface area contributed by atoms with E-state index >= 15 is 0 Å². The van der Waals surface area contributed by atoms with Crippen LogP contribution >= 0.6 is 0 Å². The molecule has 3 aliphatic rings. The van der Waals surface area contributed by atoms with Gasteiger partial charge in [-0.15, -0.1) is 0 Å². The number of carboxylic acid groups (broad SMARTS) is 1. The molecule has 1 aromatic heterocycles. The fraction of sp³-hybridized carbons (Fsp3) is 0.486. The fourth-order valence-corrected chi connectivity index (χ4v) is 8.07. The fourth-order valence-electron chi connectivity index (χ4n) is 6.72. The Hall–Kier alpha value is -3.31. The number of halogens is 1.